The summed E-state index contributed by atoms with van der Waals surface area (Å²) < 4.78 is 2.06. The second-order valence-electron chi connectivity index (χ2n) is 5.37. The molecule has 1 aromatic heterocycles. The maximum atomic E-state index is 11.5. The summed E-state index contributed by atoms with van der Waals surface area (Å²) in [5.74, 6) is 0.194. The van der Waals surface area contributed by atoms with Crippen molar-refractivity contribution in [1.29, 1.82) is 5.26 Å². The van der Waals surface area contributed by atoms with Crippen molar-refractivity contribution in [3.63, 3.8) is 0 Å². The van der Waals surface area contributed by atoms with Gasteiger partial charge in [-0.1, -0.05) is 13.3 Å². The molecule has 0 N–H and O–H groups in total. The predicted molar refractivity (Wildman–Crippen MR) is 72.3 cm³/mol. The number of unbranched alkanes of at least 4 members (excludes halogenated alkanes) is 1. The van der Waals surface area contributed by atoms with Gasteiger partial charge in [0.1, 0.15) is 0 Å². The Labute approximate surface area is 109 Å². The average Bonchev–Trinajstić information content (AvgIpc) is 2.82. The van der Waals surface area contributed by atoms with Crippen molar-refractivity contribution >= 4 is 5.78 Å². The number of carbonyl (C=O) groups is 1. The number of ketones is 1. The Morgan fingerprint density at radius 2 is 2.17 bits per heavy atom. The van der Waals surface area contributed by atoms with Gasteiger partial charge in [-0.3, -0.25) is 4.79 Å². The van der Waals surface area contributed by atoms with E-state index in [2.05, 4.69) is 10.6 Å². The van der Waals surface area contributed by atoms with E-state index in [4.69, 9.17) is 5.26 Å². The summed E-state index contributed by atoms with van der Waals surface area (Å²) >= 11 is 0. The third kappa shape index (κ3) is 4.37. The molecule has 0 spiro atoms. The van der Waals surface area contributed by atoms with Gasteiger partial charge in [-0.05, 0) is 32.8 Å². The van der Waals surface area contributed by atoms with Gasteiger partial charge in [0.15, 0.2) is 5.78 Å². The fourth-order valence-corrected chi connectivity index (χ4v) is 1.87. The summed E-state index contributed by atoms with van der Waals surface area (Å²) in [6, 6.07) is 4.20. The van der Waals surface area contributed by atoms with Gasteiger partial charge >= 0.3 is 0 Å². The molecule has 3 nitrogen and oxygen atoms in total. The first kappa shape index (κ1) is 14.5. The minimum Gasteiger partial charge on any atom is -0.354 e. The van der Waals surface area contributed by atoms with E-state index in [1.54, 1.807) is 0 Å². The molecule has 1 rings (SSSR count). The Morgan fingerprint density at radius 1 is 1.44 bits per heavy atom. The van der Waals surface area contributed by atoms with Crippen molar-refractivity contribution in [3.05, 3.63) is 24.0 Å². The monoisotopic (exact) mass is 246 g/mol. The molecule has 0 aliphatic heterocycles. The lowest BCUT2D eigenvalue weighted by Crippen LogP contribution is -2.07. The fraction of sp³-hybridized carbons (Fsp3) is 0.600. The average molecular weight is 246 g/mol. The number of nitriles is 1. The van der Waals surface area contributed by atoms with Crippen molar-refractivity contribution in [3.8, 4) is 6.07 Å². The lowest BCUT2D eigenvalue weighted by molar-refractivity contribution is 0.0988. The van der Waals surface area contributed by atoms with Crippen molar-refractivity contribution in [1.82, 2.24) is 4.57 Å². The van der Waals surface area contributed by atoms with Gasteiger partial charge in [0.2, 0.25) is 0 Å². The van der Waals surface area contributed by atoms with Gasteiger partial charge in [0.25, 0.3) is 0 Å². The molecule has 0 bridgehead atoms. The highest BCUT2D eigenvalue weighted by atomic mass is 16.1. The maximum Gasteiger partial charge on any atom is 0.164 e. The summed E-state index contributed by atoms with van der Waals surface area (Å²) in [4.78, 5) is 11.5. The molecule has 0 unspecified atom stereocenters. The molecule has 0 aromatic carbocycles. The van der Waals surface area contributed by atoms with Crippen LogP contribution in [0.4, 0.5) is 0 Å². The molecular formula is C15H22N2O. The van der Waals surface area contributed by atoms with E-state index >= 15 is 0 Å². The van der Waals surface area contributed by atoms with Crippen LogP contribution in [0.3, 0.4) is 0 Å². The summed E-state index contributed by atoms with van der Waals surface area (Å²) in [5.41, 5.74) is 0.579. The molecule has 0 radical (unpaired) electrons. The lowest BCUT2D eigenvalue weighted by Gasteiger charge is -2.14. The highest BCUT2D eigenvalue weighted by Gasteiger charge is 2.15. The normalized spacial score (nSPS) is 11.2. The number of aryl methyl sites for hydroxylation is 1. The van der Waals surface area contributed by atoms with E-state index in [0.717, 1.165) is 31.4 Å². The van der Waals surface area contributed by atoms with Crippen LogP contribution < -0.4 is 0 Å². The first-order chi connectivity index (χ1) is 8.48. The second-order valence-corrected chi connectivity index (χ2v) is 5.37. The Hall–Kier alpha value is -1.56. The molecule has 0 aliphatic rings. The maximum absolute atomic E-state index is 11.5. The number of hydrogen-bond acceptors (Lipinski definition) is 2. The molecular weight excluding hydrogens is 224 g/mol. The zero-order valence-electron chi connectivity index (χ0n) is 11.6. The van der Waals surface area contributed by atoms with Crippen molar-refractivity contribution in [2.75, 3.05) is 0 Å². The molecule has 0 atom stereocenters. The van der Waals surface area contributed by atoms with Crippen LogP contribution in [0.2, 0.25) is 0 Å². The SMILES string of the molecule is CCC(=O)c1ccn(CCCCC(C)(C)C#N)c1. The van der Waals surface area contributed by atoms with Crippen LogP contribution in [0.25, 0.3) is 0 Å². The van der Waals surface area contributed by atoms with Crippen LogP contribution in [0, 0.1) is 16.7 Å². The van der Waals surface area contributed by atoms with Gasteiger partial charge in [0, 0.05) is 30.9 Å². The van der Waals surface area contributed by atoms with E-state index in [9.17, 15) is 4.79 Å². The van der Waals surface area contributed by atoms with Crippen molar-refractivity contribution < 1.29 is 4.79 Å². The predicted octanol–water partition coefficient (Wildman–Crippen LogP) is 3.80. The van der Waals surface area contributed by atoms with E-state index in [1.807, 2.05) is 39.2 Å². The first-order valence-electron chi connectivity index (χ1n) is 6.59. The largest absolute Gasteiger partial charge is 0.354 e. The van der Waals surface area contributed by atoms with Gasteiger partial charge in [-0.15, -0.1) is 0 Å². The minimum absolute atomic E-state index is 0.194. The fourth-order valence-electron chi connectivity index (χ4n) is 1.87. The second kappa shape index (κ2) is 6.39. The summed E-state index contributed by atoms with van der Waals surface area (Å²) in [6.07, 6.45) is 7.43. The number of aromatic nitrogens is 1. The van der Waals surface area contributed by atoms with Gasteiger partial charge in [-0.2, -0.15) is 5.26 Å². The Morgan fingerprint density at radius 3 is 2.78 bits per heavy atom. The third-order valence-electron chi connectivity index (χ3n) is 3.16. The highest BCUT2D eigenvalue weighted by molar-refractivity contribution is 5.95. The van der Waals surface area contributed by atoms with E-state index < -0.39 is 0 Å². The van der Waals surface area contributed by atoms with Gasteiger partial charge in [0.05, 0.1) is 11.5 Å². The van der Waals surface area contributed by atoms with Crippen LogP contribution in [0.1, 0.15) is 56.8 Å². The lowest BCUT2D eigenvalue weighted by atomic mass is 9.89. The van der Waals surface area contributed by atoms with Crippen LogP contribution in [-0.2, 0) is 6.54 Å². The number of nitrogens with zero attached hydrogens (tertiary/aromatic N) is 2. The third-order valence-corrected chi connectivity index (χ3v) is 3.16. The minimum atomic E-state index is -0.222. The van der Waals surface area contributed by atoms with Crippen molar-refractivity contribution in [2.45, 2.75) is 53.0 Å². The molecule has 98 valence electrons. The smallest absolute Gasteiger partial charge is 0.164 e. The Kier molecular flexibility index (Phi) is 5.15. The number of hydrogen-bond donors (Lipinski definition) is 0. The molecule has 1 aromatic rings. The Bertz CT molecular complexity index is 438. The molecule has 0 fully saturated rings. The van der Waals surface area contributed by atoms with E-state index in [-0.39, 0.29) is 11.2 Å². The standard InChI is InChI=1S/C15H22N2O/c1-4-14(18)13-7-10-17(11-13)9-6-5-8-15(2,3)12-16/h7,10-11H,4-6,8-9H2,1-3H3. The van der Waals surface area contributed by atoms with Crippen molar-refractivity contribution in [2.24, 2.45) is 5.41 Å². The quantitative estimate of drug-likeness (QED) is 0.542. The summed E-state index contributed by atoms with van der Waals surface area (Å²) in [6.45, 7) is 6.74. The topological polar surface area (TPSA) is 45.8 Å². The van der Waals surface area contributed by atoms with Crippen LogP contribution in [-0.4, -0.2) is 10.4 Å². The Balaban J connectivity index is 2.35. The first-order valence-corrected chi connectivity index (χ1v) is 6.59. The summed E-state index contributed by atoms with van der Waals surface area (Å²) in [7, 11) is 0. The molecule has 3 heteroatoms. The highest BCUT2D eigenvalue weighted by Crippen LogP contribution is 2.21. The molecule has 18 heavy (non-hydrogen) atoms. The number of rotatable bonds is 7. The van der Waals surface area contributed by atoms with Gasteiger partial charge in [-0.25, -0.2) is 0 Å². The summed E-state index contributed by atoms with van der Waals surface area (Å²) in [5, 5.41) is 8.91. The zero-order chi connectivity index (χ0) is 13.6. The molecule has 0 amide bonds. The number of Topliss-reactive ketones (excluding diaryl/α,β-unsaturated/α-hetero) is 1. The molecule has 0 saturated carbocycles. The molecule has 1 heterocycles. The zero-order valence-corrected chi connectivity index (χ0v) is 11.6. The van der Waals surface area contributed by atoms with Crippen LogP contribution >= 0.6 is 0 Å². The van der Waals surface area contributed by atoms with E-state index in [0.29, 0.717) is 6.42 Å². The van der Waals surface area contributed by atoms with Crippen LogP contribution in [0.15, 0.2) is 18.5 Å². The van der Waals surface area contributed by atoms with Crippen LogP contribution in [0.5, 0.6) is 0 Å². The molecule has 0 aliphatic carbocycles. The van der Waals surface area contributed by atoms with Gasteiger partial charge < -0.3 is 4.57 Å². The van der Waals surface area contributed by atoms with E-state index in [1.165, 1.54) is 0 Å². The number of carbonyl (C=O) groups excluding carboxylic acids is 1. The molecule has 0 saturated heterocycles.